The van der Waals surface area contributed by atoms with E-state index in [4.69, 9.17) is 11.6 Å². The molecule has 1 unspecified atom stereocenters. The summed E-state index contributed by atoms with van der Waals surface area (Å²) in [5.74, 6) is 0.246. The maximum atomic E-state index is 11.1. The highest BCUT2D eigenvalue weighted by Gasteiger charge is 2.14. The Labute approximate surface area is 118 Å². The van der Waals surface area contributed by atoms with Gasteiger partial charge in [-0.1, -0.05) is 18.5 Å². The van der Waals surface area contributed by atoms with Crippen LogP contribution in [-0.4, -0.2) is 27.0 Å². The molecule has 1 rings (SSSR count). The highest BCUT2D eigenvalue weighted by atomic mass is 35.5. The Hall–Kier alpha value is -0.100. The van der Waals surface area contributed by atoms with Crippen molar-refractivity contribution in [3.8, 4) is 0 Å². The van der Waals surface area contributed by atoms with E-state index in [9.17, 15) is 8.42 Å². The molecule has 0 saturated heterocycles. The molecule has 0 aliphatic heterocycles. The summed E-state index contributed by atoms with van der Waals surface area (Å²) >= 11 is 7.50. The second-order valence-electron chi connectivity index (χ2n) is 4.42. The van der Waals surface area contributed by atoms with Gasteiger partial charge in [-0.15, -0.1) is 11.3 Å². The van der Waals surface area contributed by atoms with Crippen LogP contribution in [-0.2, 0) is 9.84 Å². The second kappa shape index (κ2) is 7.48. The predicted octanol–water partition coefficient (Wildman–Crippen LogP) is 3.27. The number of thiophene rings is 1. The summed E-state index contributed by atoms with van der Waals surface area (Å²) in [6.07, 6.45) is 3.84. The molecule has 6 heteroatoms. The van der Waals surface area contributed by atoms with Crippen LogP contribution in [0.15, 0.2) is 12.1 Å². The van der Waals surface area contributed by atoms with Crippen LogP contribution >= 0.6 is 22.9 Å². The Morgan fingerprint density at radius 2 is 2.17 bits per heavy atom. The molecule has 0 aromatic carbocycles. The molecule has 1 aromatic heterocycles. The first-order valence-electron chi connectivity index (χ1n) is 6.08. The van der Waals surface area contributed by atoms with Crippen molar-refractivity contribution in [3.05, 3.63) is 21.3 Å². The SMILES string of the molecule is CCCNC(CCCS(C)(=O)=O)c1ccc(Cl)s1. The normalized spacial score (nSPS) is 13.7. The summed E-state index contributed by atoms with van der Waals surface area (Å²) in [6, 6.07) is 4.11. The minimum atomic E-state index is -2.87. The van der Waals surface area contributed by atoms with Gasteiger partial charge in [0.05, 0.1) is 4.34 Å². The molecule has 0 amide bonds. The van der Waals surface area contributed by atoms with E-state index in [-0.39, 0.29) is 11.8 Å². The molecule has 1 atom stereocenters. The molecule has 0 aliphatic rings. The van der Waals surface area contributed by atoms with Crippen molar-refractivity contribution < 1.29 is 8.42 Å². The number of hydrogen-bond donors (Lipinski definition) is 1. The largest absolute Gasteiger partial charge is 0.309 e. The van der Waals surface area contributed by atoms with E-state index in [0.717, 1.165) is 23.7 Å². The monoisotopic (exact) mass is 309 g/mol. The number of halogens is 1. The van der Waals surface area contributed by atoms with Gasteiger partial charge >= 0.3 is 0 Å². The number of hydrogen-bond acceptors (Lipinski definition) is 4. The van der Waals surface area contributed by atoms with Crippen LogP contribution in [0, 0.1) is 0 Å². The molecular formula is C12H20ClNO2S2. The minimum Gasteiger partial charge on any atom is -0.309 e. The third kappa shape index (κ3) is 6.18. The first kappa shape index (κ1) is 16.0. The Bertz CT molecular complexity index is 456. The van der Waals surface area contributed by atoms with Crippen LogP contribution in [0.25, 0.3) is 0 Å². The van der Waals surface area contributed by atoms with Gasteiger partial charge in [-0.05, 0) is 37.9 Å². The van der Waals surface area contributed by atoms with E-state index in [0.29, 0.717) is 6.42 Å². The number of nitrogens with one attached hydrogen (secondary N) is 1. The minimum absolute atomic E-state index is 0.212. The van der Waals surface area contributed by atoms with Gasteiger partial charge < -0.3 is 5.32 Å². The zero-order valence-electron chi connectivity index (χ0n) is 10.8. The lowest BCUT2D eigenvalue weighted by molar-refractivity contribution is 0.499. The van der Waals surface area contributed by atoms with Crippen molar-refractivity contribution in [2.45, 2.75) is 32.2 Å². The highest BCUT2D eigenvalue weighted by molar-refractivity contribution is 7.90. The van der Waals surface area contributed by atoms with Gasteiger partial charge in [0.1, 0.15) is 9.84 Å². The second-order valence-corrected chi connectivity index (χ2v) is 8.43. The van der Waals surface area contributed by atoms with Gasteiger partial charge in [0.15, 0.2) is 0 Å². The molecule has 3 nitrogen and oxygen atoms in total. The third-order valence-corrected chi connectivity index (χ3v) is 4.96. The smallest absolute Gasteiger partial charge is 0.147 e. The van der Waals surface area contributed by atoms with Crippen molar-refractivity contribution in [2.75, 3.05) is 18.6 Å². The zero-order chi connectivity index (χ0) is 13.6. The quantitative estimate of drug-likeness (QED) is 0.801. The van der Waals surface area contributed by atoms with Crippen molar-refractivity contribution in [1.82, 2.24) is 5.32 Å². The topological polar surface area (TPSA) is 46.2 Å². The van der Waals surface area contributed by atoms with Crippen molar-refractivity contribution in [1.29, 1.82) is 0 Å². The molecule has 0 radical (unpaired) electrons. The van der Waals surface area contributed by atoms with Gasteiger partial charge in [-0.25, -0.2) is 8.42 Å². The van der Waals surface area contributed by atoms with Crippen LogP contribution in [0.5, 0.6) is 0 Å². The van der Waals surface area contributed by atoms with E-state index in [1.807, 2.05) is 12.1 Å². The molecule has 0 fully saturated rings. The first-order chi connectivity index (χ1) is 8.42. The van der Waals surface area contributed by atoms with E-state index >= 15 is 0 Å². The van der Waals surface area contributed by atoms with Crippen molar-refractivity contribution in [2.24, 2.45) is 0 Å². The molecular weight excluding hydrogens is 290 g/mol. The van der Waals surface area contributed by atoms with Crippen LogP contribution in [0.4, 0.5) is 0 Å². The van der Waals surface area contributed by atoms with E-state index in [2.05, 4.69) is 12.2 Å². The maximum Gasteiger partial charge on any atom is 0.147 e. The summed E-state index contributed by atoms with van der Waals surface area (Å²) in [4.78, 5) is 1.18. The summed E-state index contributed by atoms with van der Waals surface area (Å²) < 4.78 is 23.0. The molecule has 104 valence electrons. The molecule has 1 aromatic rings. The van der Waals surface area contributed by atoms with E-state index in [1.165, 1.54) is 11.1 Å². The molecule has 0 saturated carbocycles. The molecule has 0 spiro atoms. The maximum absolute atomic E-state index is 11.1. The van der Waals surface area contributed by atoms with Crippen LogP contribution in [0.2, 0.25) is 4.34 Å². The Morgan fingerprint density at radius 3 is 2.67 bits per heavy atom. The summed E-state index contributed by atoms with van der Waals surface area (Å²) in [6.45, 7) is 3.04. The highest BCUT2D eigenvalue weighted by Crippen LogP contribution is 2.29. The first-order valence-corrected chi connectivity index (χ1v) is 9.34. The van der Waals surface area contributed by atoms with Gasteiger partial charge in [-0.3, -0.25) is 0 Å². The van der Waals surface area contributed by atoms with Gasteiger partial charge in [-0.2, -0.15) is 0 Å². The number of rotatable bonds is 8. The lowest BCUT2D eigenvalue weighted by atomic mass is 10.1. The summed E-state index contributed by atoms with van der Waals surface area (Å²) in [7, 11) is -2.87. The Morgan fingerprint density at radius 1 is 1.44 bits per heavy atom. The van der Waals surface area contributed by atoms with E-state index < -0.39 is 9.84 Å². The standard InChI is InChI=1S/C12H20ClNO2S2/c1-3-8-14-10(5-4-9-18(2,15)16)11-6-7-12(13)17-11/h6-7,10,14H,3-5,8-9H2,1-2H3. The average molecular weight is 310 g/mol. The summed E-state index contributed by atoms with van der Waals surface area (Å²) in [5, 5.41) is 3.44. The Balaban J connectivity index is 2.56. The lowest BCUT2D eigenvalue weighted by Crippen LogP contribution is -2.22. The van der Waals surface area contributed by atoms with Crippen LogP contribution in [0.1, 0.15) is 37.1 Å². The number of sulfone groups is 1. The Kier molecular flexibility index (Phi) is 6.63. The predicted molar refractivity (Wildman–Crippen MR) is 79.3 cm³/mol. The average Bonchev–Trinajstić information content (AvgIpc) is 2.68. The fourth-order valence-electron chi connectivity index (χ4n) is 1.73. The van der Waals surface area contributed by atoms with Crippen LogP contribution < -0.4 is 5.32 Å². The lowest BCUT2D eigenvalue weighted by Gasteiger charge is -2.16. The molecule has 0 bridgehead atoms. The van der Waals surface area contributed by atoms with Crippen molar-refractivity contribution in [3.63, 3.8) is 0 Å². The van der Waals surface area contributed by atoms with Gasteiger partial charge in [0.25, 0.3) is 0 Å². The van der Waals surface area contributed by atoms with Crippen LogP contribution in [0.3, 0.4) is 0 Å². The fourth-order valence-corrected chi connectivity index (χ4v) is 3.59. The van der Waals surface area contributed by atoms with Crippen molar-refractivity contribution >= 4 is 32.8 Å². The molecule has 1 heterocycles. The fraction of sp³-hybridized carbons (Fsp3) is 0.667. The summed E-state index contributed by atoms with van der Waals surface area (Å²) in [5.41, 5.74) is 0. The third-order valence-electron chi connectivity index (χ3n) is 2.59. The molecule has 0 aliphatic carbocycles. The van der Waals surface area contributed by atoms with Gasteiger partial charge in [0.2, 0.25) is 0 Å². The van der Waals surface area contributed by atoms with Gasteiger partial charge in [0, 0.05) is 22.9 Å². The van der Waals surface area contributed by atoms with E-state index in [1.54, 1.807) is 11.3 Å². The molecule has 18 heavy (non-hydrogen) atoms. The zero-order valence-corrected chi connectivity index (χ0v) is 13.2. The molecule has 1 N–H and O–H groups in total.